The van der Waals surface area contributed by atoms with Crippen LogP contribution in [0.25, 0.3) is 0 Å². The average molecular weight is 361 g/mol. The Kier molecular flexibility index (Phi) is 5.37. The number of benzene rings is 1. The average Bonchev–Trinajstić information content (AvgIpc) is 3.30. The van der Waals surface area contributed by atoms with Crippen LogP contribution in [-0.4, -0.2) is 24.0 Å². The fourth-order valence-corrected chi connectivity index (χ4v) is 3.91. The Morgan fingerprint density at radius 2 is 2.04 bits per heavy atom. The molecule has 0 radical (unpaired) electrons. The summed E-state index contributed by atoms with van der Waals surface area (Å²) in [7, 11) is 0. The number of nitrogens with one attached hydrogen (secondary N) is 2. The van der Waals surface area contributed by atoms with Gasteiger partial charge < -0.3 is 10.6 Å². The third kappa shape index (κ3) is 4.18. The van der Waals surface area contributed by atoms with E-state index in [-0.39, 0.29) is 11.2 Å². The molecule has 1 saturated carbocycles. The van der Waals surface area contributed by atoms with E-state index in [4.69, 9.17) is 0 Å². The highest BCUT2D eigenvalue weighted by molar-refractivity contribution is 7.11. The molecule has 2 N–H and O–H groups in total. The van der Waals surface area contributed by atoms with Gasteiger partial charge in [-0.2, -0.15) is 0 Å². The van der Waals surface area contributed by atoms with Crippen molar-refractivity contribution in [2.24, 2.45) is 4.99 Å². The maximum Gasteiger partial charge on any atom is 0.191 e. The third-order valence-electron chi connectivity index (χ3n) is 4.62. The predicted molar refractivity (Wildman–Crippen MR) is 102 cm³/mol. The summed E-state index contributed by atoms with van der Waals surface area (Å²) >= 11 is 1.69. The number of thiazole rings is 1. The van der Waals surface area contributed by atoms with E-state index >= 15 is 0 Å². The van der Waals surface area contributed by atoms with Crippen LogP contribution in [0.5, 0.6) is 0 Å². The van der Waals surface area contributed by atoms with Crippen LogP contribution >= 0.6 is 11.3 Å². The van der Waals surface area contributed by atoms with Crippen LogP contribution in [0.1, 0.15) is 40.9 Å². The molecule has 0 aliphatic heterocycles. The highest BCUT2D eigenvalue weighted by atomic mass is 32.1. The topological polar surface area (TPSA) is 49.3 Å². The lowest BCUT2D eigenvalue weighted by atomic mass is 9.95. The van der Waals surface area contributed by atoms with E-state index in [0.717, 1.165) is 41.6 Å². The van der Waals surface area contributed by atoms with Gasteiger partial charge in [0.25, 0.3) is 0 Å². The lowest BCUT2D eigenvalue weighted by molar-refractivity contribution is 0.559. The maximum atomic E-state index is 14.1. The zero-order chi connectivity index (χ0) is 17.9. The SMILES string of the molecule is CCNC(=NCc1sc(C)nc1C)NCC1(c2ccccc2F)CC1. The second-order valence-corrected chi connectivity index (χ2v) is 7.84. The van der Waals surface area contributed by atoms with E-state index < -0.39 is 0 Å². The zero-order valence-corrected chi connectivity index (χ0v) is 15.8. The zero-order valence-electron chi connectivity index (χ0n) is 15.0. The first-order valence-electron chi connectivity index (χ1n) is 8.74. The van der Waals surface area contributed by atoms with Crippen LogP contribution in [0, 0.1) is 19.7 Å². The van der Waals surface area contributed by atoms with Gasteiger partial charge in [-0.15, -0.1) is 11.3 Å². The molecule has 3 rings (SSSR count). The Balaban J connectivity index is 1.67. The van der Waals surface area contributed by atoms with Crippen molar-refractivity contribution < 1.29 is 4.39 Å². The molecule has 1 aromatic heterocycles. The second kappa shape index (κ2) is 7.52. The number of nitrogens with zero attached hydrogens (tertiary/aromatic N) is 2. The fraction of sp³-hybridized carbons (Fsp3) is 0.474. The van der Waals surface area contributed by atoms with Gasteiger partial charge in [0.2, 0.25) is 0 Å². The van der Waals surface area contributed by atoms with E-state index in [2.05, 4.69) is 20.6 Å². The number of hydrogen-bond donors (Lipinski definition) is 2. The Labute approximate surface area is 152 Å². The van der Waals surface area contributed by atoms with Crippen molar-refractivity contribution in [3.05, 3.63) is 51.2 Å². The summed E-state index contributed by atoms with van der Waals surface area (Å²) in [5, 5.41) is 7.74. The smallest absolute Gasteiger partial charge is 0.191 e. The van der Waals surface area contributed by atoms with Crippen molar-refractivity contribution in [3.8, 4) is 0 Å². The summed E-state index contributed by atoms with van der Waals surface area (Å²) in [6.45, 7) is 8.17. The van der Waals surface area contributed by atoms with Crippen molar-refractivity contribution in [2.45, 2.75) is 45.6 Å². The minimum Gasteiger partial charge on any atom is -0.357 e. The standard InChI is InChI=1S/C19H25FN4S/c1-4-21-18(22-11-17-13(2)24-14(3)25-17)23-12-19(9-10-19)15-7-5-6-8-16(15)20/h5-8H,4,9-12H2,1-3H3,(H2,21,22,23). The number of guanidine groups is 1. The summed E-state index contributed by atoms with van der Waals surface area (Å²) < 4.78 is 14.1. The molecule has 6 heteroatoms. The molecule has 2 aromatic rings. The highest BCUT2D eigenvalue weighted by Gasteiger charge is 2.45. The molecular weight excluding hydrogens is 335 g/mol. The van der Waals surface area contributed by atoms with Gasteiger partial charge in [-0.1, -0.05) is 18.2 Å². The maximum absolute atomic E-state index is 14.1. The van der Waals surface area contributed by atoms with Crippen molar-refractivity contribution in [1.29, 1.82) is 0 Å². The molecule has 0 saturated heterocycles. The number of aromatic nitrogens is 1. The van der Waals surface area contributed by atoms with Crippen molar-refractivity contribution in [3.63, 3.8) is 0 Å². The van der Waals surface area contributed by atoms with Gasteiger partial charge in [0.15, 0.2) is 5.96 Å². The first kappa shape index (κ1) is 17.9. The lowest BCUT2D eigenvalue weighted by Crippen LogP contribution is -2.41. The quantitative estimate of drug-likeness (QED) is 0.610. The molecule has 134 valence electrons. The summed E-state index contributed by atoms with van der Waals surface area (Å²) in [5.74, 6) is 0.662. The molecule has 0 spiro atoms. The first-order valence-corrected chi connectivity index (χ1v) is 9.56. The summed E-state index contributed by atoms with van der Waals surface area (Å²) in [4.78, 5) is 10.3. The summed E-state index contributed by atoms with van der Waals surface area (Å²) in [6.07, 6.45) is 2.01. The number of rotatable bonds is 6. The molecule has 0 unspecified atom stereocenters. The van der Waals surface area contributed by atoms with Gasteiger partial charge in [0, 0.05) is 23.4 Å². The van der Waals surface area contributed by atoms with E-state index in [1.165, 1.54) is 4.88 Å². The fourth-order valence-electron chi connectivity index (χ4n) is 3.05. The van der Waals surface area contributed by atoms with Crippen molar-refractivity contribution >= 4 is 17.3 Å². The normalized spacial score (nSPS) is 15.9. The molecule has 1 aliphatic rings. The Morgan fingerprint density at radius 1 is 1.28 bits per heavy atom. The molecule has 1 fully saturated rings. The minimum absolute atomic E-state index is 0.0987. The Bertz CT molecular complexity index is 765. The highest BCUT2D eigenvalue weighted by Crippen LogP contribution is 2.48. The molecule has 0 bridgehead atoms. The van der Waals surface area contributed by atoms with E-state index in [1.807, 2.05) is 32.9 Å². The molecule has 1 heterocycles. The van der Waals surface area contributed by atoms with Crippen LogP contribution < -0.4 is 10.6 Å². The molecule has 4 nitrogen and oxygen atoms in total. The van der Waals surface area contributed by atoms with Crippen molar-refractivity contribution in [1.82, 2.24) is 15.6 Å². The van der Waals surface area contributed by atoms with Gasteiger partial charge in [0.1, 0.15) is 5.82 Å². The summed E-state index contributed by atoms with van der Waals surface area (Å²) in [5.41, 5.74) is 1.76. The van der Waals surface area contributed by atoms with Crippen LogP contribution in [-0.2, 0) is 12.0 Å². The van der Waals surface area contributed by atoms with Gasteiger partial charge in [-0.05, 0) is 45.2 Å². The van der Waals surface area contributed by atoms with E-state index in [1.54, 1.807) is 23.5 Å². The Morgan fingerprint density at radius 3 is 2.64 bits per heavy atom. The lowest BCUT2D eigenvalue weighted by Gasteiger charge is -2.19. The predicted octanol–water partition coefficient (Wildman–Crippen LogP) is 3.69. The van der Waals surface area contributed by atoms with Gasteiger partial charge in [0.05, 0.1) is 17.2 Å². The number of aryl methyl sites for hydroxylation is 2. The molecule has 0 amide bonds. The number of aliphatic imine (C=N–C) groups is 1. The van der Waals surface area contributed by atoms with Gasteiger partial charge >= 0.3 is 0 Å². The van der Waals surface area contributed by atoms with Crippen LogP contribution in [0.3, 0.4) is 0 Å². The van der Waals surface area contributed by atoms with Crippen molar-refractivity contribution in [2.75, 3.05) is 13.1 Å². The number of halogens is 1. The number of hydrogen-bond acceptors (Lipinski definition) is 3. The van der Waals surface area contributed by atoms with E-state index in [0.29, 0.717) is 13.1 Å². The molecular formula is C19H25FN4S. The largest absolute Gasteiger partial charge is 0.357 e. The third-order valence-corrected chi connectivity index (χ3v) is 5.68. The van der Waals surface area contributed by atoms with Crippen LogP contribution in [0.15, 0.2) is 29.3 Å². The van der Waals surface area contributed by atoms with Crippen LogP contribution in [0.2, 0.25) is 0 Å². The second-order valence-electron chi connectivity index (χ2n) is 6.55. The van der Waals surface area contributed by atoms with Crippen LogP contribution in [0.4, 0.5) is 4.39 Å². The van der Waals surface area contributed by atoms with Gasteiger partial charge in [-0.25, -0.2) is 14.4 Å². The van der Waals surface area contributed by atoms with Gasteiger partial charge in [-0.3, -0.25) is 0 Å². The minimum atomic E-state index is -0.112. The molecule has 25 heavy (non-hydrogen) atoms. The monoisotopic (exact) mass is 360 g/mol. The first-order chi connectivity index (χ1) is 12.0. The molecule has 0 atom stereocenters. The van der Waals surface area contributed by atoms with E-state index in [9.17, 15) is 4.39 Å². The molecule has 1 aromatic carbocycles. The molecule has 1 aliphatic carbocycles. The Hall–Kier alpha value is -1.95. The summed E-state index contributed by atoms with van der Waals surface area (Å²) in [6, 6.07) is 7.10.